The lowest BCUT2D eigenvalue weighted by Crippen LogP contribution is -2.35. The Balaban J connectivity index is 2.13. The van der Waals surface area contributed by atoms with Crippen LogP contribution in [0.25, 0.3) is 0 Å². The van der Waals surface area contributed by atoms with Crippen molar-refractivity contribution >= 4 is 17.3 Å². The zero-order chi connectivity index (χ0) is 13.0. The van der Waals surface area contributed by atoms with Gasteiger partial charge < -0.3 is 9.64 Å². The molecule has 18 heavy (non-hydrogen) atoms. The number of nitrogens with zero attached hydrogens (tertiary/aromatic N) is 2. The first-order valence-corrected chi connectivity index (χ1v) is 6.56. The molecule has 0 spiro atoms. The number of hydrogen-bond donors (Lipinski definition) is 0. The summed E-state index contributed by atoms with van der Waals surface area (Å²) in [4.78, 5) is 2.22. The van der Waals surface area contributed by atoms with Crippen molar-refractivity contribution < 1.29 is 4.74 Å². The third-order valence-electron chi connectivity index (χ3n) is 3.44. The highest BCUT2D eigenvalue weighted by Gasteiger charge is 2.22. The molecule has 2 rings (SSSR count). The number of ether oxygens (including phenoxy) is 1. The number of anilines is 1. The van der Waals surface area contributed by atoms with Crippen molar-refractivity contribution in [1.29, 1.82) is 5.26 Å². The Hall–Kier alpha value is -1.24. The molecule has 3 nitrogen and oxygen atoms in total. The molecule has 1 aliphatic heterocycles. The second-order valence-corrected chi connectivity index (χ2v) is 5.04. The molecule has 0 unspecified atom stereocenters. The van der Waals surface area contributed by atoms with Crippen molar-refractivity contribution in [2.45, 2.75) is 12.8 Å². The normalized spacial score (nSPS) is 16.6. The fourth-order valence-corrected chi connectivity index (χ4v) is 2.78. The molecule has 1 aromatic carbocycles. The molecule has 1 heterocycles. The highest BCUT2D eigenvalue weighted by molar-refractivity contribution is 6.33. The summed E-state index contributed by atoms with van der Waals surface area (Å²) in [6, 6.07) is 7.71. The Morgan fingerprint density at radius 3 is 2.78 bits per heavy atom. The van der Waals surface area contributed by atoms with Crippen LogP contribution in [0.5, 0.6) is 0 Å². The van der Waals surface area contributed by atoms with Crippen molar-refractivity contribution in [3.05, 3.63) is 28.8 Å². The molecule has 0 amide bonds. The van der Waals surface area contributed by atoms with Gasteiger partial charge in [-0.25, -0.2) is 0 Å². The van der Waals surface area contributed by atoms with E-state index in [1.165, 1.54) is 0 Å². The predicted molar refractivity (Wildman–Crippen MR) is 73.0 cm³/mol. The standard InChI is InChI=1S/C14H17ClN2O/c1-18-10-11-5-7-17(8-6-11)14-12(9-16)3-2-4-13(14)15/h2-4,11H,5-8,10H2,1H3. The van der Waals surface area contributed by atoms with E-state index >= 15 is 0 Å². The lowest BCUT2D eigenvalue weighted by Gasteiger charge is -2.34. The number of methoxy groups -OCH3 is 1. The molecule has 0 saturated carbocycles. The molecule has 0 radical (unpaired) electrons. The molecule has 1 aliphatic rings. The van der Waals surface area contributed by atoms with Crippen molar-refractivity contribution in [2.24, 2.45) is 5.92 Å². The fraction of sp³-hybridized carbons (Fsp3) is 0.500. The van der Waals surface area contributed by atoms with E-state index < -0.39 is 0 Å². The Labute approximate surface area is 113 Å². The van der Waals surface area contributed by atoms with E-state index in [1.54, 1.807) is 7.11 Å². The zero-order valence-corrected chi connectivity index (χ0v) is 11.3. The first-order chi connectivity index (χ1) is 8.76. The van der Waals surface area contributed by atoms with Gasteiger partial charge in [0.1, 0.15) is 6.07 Å². The van der Waals surface area contributed by atoms with Gasteiger partial charge in [-0.05, 0) is 30.9 Å². The fourth-order valence-electron chi connectivity index (χ4n) is 2.49. The Bertz CT molecular complexity index is 448. The molecule has 1 fully saturated rings. The van der Waals surface area contributed by atoms with Gasteiger partial charge in [0.2, 0.25) is 0 Å². The van der Waals surface area contributed by atoms with E-state index in [-0.39, 0.29) is 0 Å². The molecule has 0 atom stereocenters. The number of nitriles is 1. The first kappa shape index (κ1) is 13.2. The smallest absolute Gasteiger partial charge is 0.101 e. The van der Waals surface area contributed by atoms with Crippen LogP contribution in [0.1, 0.15) is 18.4 Å². The van der Waals surface area contributed by atoms with Crippen LogP contribution >= 0.6 is 11.6 Å². The van der Waals surface area contributed by atoms with E-state index in [1.807, 2.05) is 18.2 Å². The SMILES string of the molecule is COCC1CCN(c2c(Cl)cccc2C#N)CC1. The van der Waals surface area contributed by atoms with Gasteiger partial charge in [0.25, 0.3) is 0 Å². The summed E-state index contributed by atoms with van der Waals surface area (Å²) in [5.74, 6) is 0.624. The summed E-state index contributed by atoms with van der Waals surface area (Å²) >= 11 is 6.22. The van der Waals surface area contributed by atoms with Gasteiger partial charge in [-0.2, -0.15) is 5.26 Å². The molecule has 0 N–H and O–H groups in total. The van der Waals surface area contributed by atoms with Crippen LogP contribution in [-0.4, -0.2) is 26.8 Å². The molecular formula is C14H17ClN2O. The van der Waals surface area contributed by atoms with Crippen molar-refractivity contribution in [1.82, 2.24) is 0 Å². The summed E-state index contributed by atoms with van der Waals surface area (Å²) in [6.45, 7) is 2.69. The van der Waals surface area contributed by atoms with Gasteiger partial charge in [0, 0.05) is 26.8 Å². The molecule has 0 bridgehead atoms. The first-order valence-electron chi connectivity index (χ1n) is 6.18. The Kier molecular flexibility index (Phi) is 4.46. The topological polar surface area (TPSA) is 36.3 Å². The Morgan fingerprint density at radius 1 is 1.44 bits per heavy atom. The summed E-state index contributed by atoms with van der Waals surface area (Å²) in [6.07, 6.45) is 2.17. The molecule has 0 aromatic heterocycles. The van der Waals surface area contributed by atoms with Crippen LogP contribution < -0.4 is 4.90 Å². The van der Waals surface area contributed by atoms with Gasteiger partial charge in [-0.15, -0.1) is 0 Å². The highest BCUT2D eigenvalue weighted by atomic mass is 35.5. The van der Waals surface area contributed by atoms with Gasteiger partial charge in [0.05, 0.1) is 16.3 Å². The second kappa shape index (κ2) is 6.08. The average Bonchev–Trinajstić information content (AvgIpc) is 2.40. The van der Waals surface area contributed by atoms with E-state index in [0.29, 0.717) is 16.5 Å². The second-order valence-electron chi connectivity index (χ2n) is 4.63. The van der Waals surface area contributed by atoms with Crippen LogP contribution in [0.3, 0.4) is 0 Å². The third-order valence-corrected chi connectivity index (χ3v) is 3.75. The number of benzene rings is 1. The number of rotatable bonds is 3. The maximum Gasteiger partial charge on any atom is 0.101 e. The van der Waals surface area contributed by atoms with E-state index in [0.717, 1.165) is 38.2 Å². The minimum atomic E-state index is 0.624. The summed E-state index contributed by atoms with van der Waals surface area (Å²) in [5, 5.41) is 9.82. The molecule has 1 aromatic rings. The van der Waals surface area contributed by atoms with E-state index in [4.69, 9.17) is 21.6 Å². The lowest BCUT2D eigenvalue weighted by atomic mass is 9.97. The van der Waals surface area contributed by atoms with Crippen LogP contribution in [0.15, 0.2) is 18.2 Å². The quantitative estimate of drug-likeness (QED) is 0.842. The van der Waals surface area contributed by atoms with Gasteiger partial charge >= 0.3 is 0 Å². The molecule has 4 heteroatoms. The maximum absolute atomic E-state index is 9.15. The summed E-state index contributed by atoms with van der Waals surface area (Å²) in [5.41, 5.74) is 1.55. The van der Waals surface area contributed by atoms with Crippen molar-refractivity contribution in [3.8, 4) is 6.07 Å². The van der Waals surface area contributed by atoms with Crippen LogP contribution in [0, 0.1) is 17.2 Å². The van der Waals surface area contributed by atoms with Gasteiger partial charge in [-0.1, -0.05) is 17.7 Å². The Morgan fingerprint density at radius 2 is 2.17 bits per heavy atom. The molecule has 96 valence electrons. The highest BCUT2D eigenvalue weighted by Crippen LogP contribution is 2.32. The van der Waals surface area contributed by atoms with E-state index in [9.17, 15) is 0 Å². The largest absolute Gasteiger partial charge is 0.384 e. The number of para-hydroxylation sites is 1. The summed E-state index contributed by atoms with van der Waals surface area (Å²) < 4.78 is 5.19. The lowest BCUT2D eigenvalue weighted by molar-refractivity contribution is 0.139. The maximum atomic E-state index is 9.15. The van der Waals surface area contributed by atoms with Crippen LogP contribution in [0.2, 0.25) is 5.02 Å². The number of piperidine rings is 1. The van der Waals surface area contributed by atoms with Crippen molar-refractivity contribution in [3.63, 3.8) is 0 Å². The number of halogens is 1. The van der Waals surface area contributed by atoms with Crippen LogP contribution in [0.4, 0.5) is 5.69 Å². The van der Waals surface area contributed by atoms with Crippen LogP contribution in [-0.2, 0) is 4.74 Å². The monoisotopic (exact) mass is 264 g/mol. The minimum absolute atomic E-state index is 0.624. The minimum Gasteiger partial charge on any atom is -0.384 e. The zero-order valence-electron chi connectivity index (χ0n) is 10.5. The predicted octanol–water partition coefficient (Wildman–Crippen LogP) is 3.07. The summed E-state index contributed by atoms with van der Waals surface area (Å²) in [7, 11) is 1.74. The molecule has 0 aliphatic carbocycles. The van der Waals surface area contributed by atoms with Gasteiger partial charge in [-0.3, -0.25) is 0 Å². The van der Waals surface area contributed by atoms with Crippen molar-refractivity contribution in [2.75, 3.05) is 31.7 Å². The third kappa shape index (κ3) is 2.77. The average molecular weight is 265 g/mol. The van der Waals surface area contributed by atoms with Gasteiger partial charge in [0.15, 0.2) is 0 Å². The molecule has 1 saturated heterocycles. The van der Waals surface area contributed by atoms with E-state index in [2.05, 4.69) is 11.0 Å². The number of hydrogen-bond acceptors (Lipinski definition) is 3. The molecular weight excluding hydrogens is 248 g/mol.